The van der Waals surface area contributed by atoms with E-state index in [-0.39, 0.29) is 5.78 Å². The van der Waals surface area contributed by atoms with E-state index in [1.54, 1.807) is 13.3 Å². The standard InChI is InChI=1S/C24H29N5O/c1-18(30)21-20-9-5-6-11-29(20)23-22(21)25-17-26-24(23)28-15-13-27(14-16-28)12-10-19-7-3-2-4-8-19/h2-4,7-8,17H,5-6,9-16H2,1H3. The van der Waals surface area contributed by atoms with E-state index in [0.717, 1.165) is 93.1 Å². The average Bonchev–Trinajstić information content (AvgIpc) is 3.14. The lowest BCUT2D eigenvalue weighted by Gasteiger charge is -2.35. The van der Waals surface area contributed by atoms with Gasteiger partial charge in [0.1, 0.15) is 17.4 Å². The highest BCUT2D eigenvalue weighted by atomic mass is 16.1. The van der Waals surface area contributed by atoms with Crippen molar-refractivity contribution in [3.8, 4) is 0 Å². The summed E-state index contributed by atoms with van der Waals surface area (Å²) in [7, 11) is 0. The molecule has 4 heterocycles. The van der Waals surface area contributed by atoms with Crippen LogP contribution in [0.5, 0.6) is 0 Å². The number of aryl methyl sites for hydroxylation is 1. The van der Waals surface area contributed by atoms with Crippen LogP contribution in [0.4, 0.5) is 5.82 Å². The van der Waals surface area contributed by atoms with Gasteiger partial charge in [0.2, 0.25) is 0 Å². The van der Waals surface area contributed by atoms with E-state index in [4.69, 9.17) is 4.98 Å². The van der Waals surface area contributed by atoms with Crippen LogP contribution in [0.15, 0.2) is 36.7 Å². The molecule has 6 heteroatoms. The normalized spacial score (nSPS) is 17.3. The fourth-order valence-corrected chi connectivity index (χ4v) is 4.99. The van der Waals surface area contributed by atoms with Crippen LogP contribution in [-0.4, -0.2) is 57.9 Å². The summed E-state index contributed by atoms with van der Waals surface area (Å²) in [5.41, 5.74) is 5.28. The fraction of sp³-hybridized carbons (Fsp3) is 0.458. The first kappa shape index (κ1) is 19.2. The number of hydrogen-bond donors (Lipinski definition) is 0. The van der Waals surface area contributed by atoms with Crippen LogP contribution in [0.2, 0.25) is 0 Å². The van der Waals surface area contributed by atoms with E-state index in [2.05, 4.69) is 49.7 Å². The van der Waals surface area contributed by atoms with Gasteiger partial charge in [-0.1, -0.05) is 30.3 Å². The number of ketones is 1. The lowest BCUT2D eigenvalue weighted by atomic mass is 10.0. The summed E-state index contributed by atoms with van der Waals surface area (Å²) in [6.45, 7) is 7.69. The molecule has 0 unspecified atom stereocenters. The number of anilines is 1. The number of piperazine rings is 1. The molecule has 0 saturated carbocycles. The van der Waals surface area contributed by atoms with Gasteiger partial charge in [0.05, 0.1) is 5.56 Å². The second-order valence-electron chi connectivity index (χ2n) is 8.45. The first-order valence-electron chi connectivity index (χ1n) is 11.1. The van der Waals surface area contributed by atoms with Crippen molar-refractivity contribution in [3.63, 3.8) is 0 Å². The zero-order valence-electron chi connectivity index (χ0n) is 17.7. The summed E-state index contributed by atoms with van der Waals surface area (Å²) < 4.78 is 2.33. The average molecular weight is 404 g/mol. The van der Waals surface area contributed by atoms with Crippen LogP contribution in [-0.2, 0) is 19.4 Å². The van der Waals surface area contributed by atoms with Gasteiger partial charge in [0, 0.05) is 45.0 Å². The molecule has 1 aromatic carbocycles. The quantitative estimate of drug-likeness (QED) is 0.612. The van der Waals surface area contributed by atoms with Gasteiger partial charge in [-0.15, -0.1) is 0 Å². The molecule has 2 aliphatic heterocycles. The lowest BCUT2D eigenvalue weighted by molar-refractivity contribution is 0.101. The number of fused-ring (bicyclic) bond motifs is 3. The number of aromatic nitrogens is 3. The van der Waals surface area contributed by atoms with Gasteiger partial charge < -0.3 is 9.47 Å². The van der Waals surface area contributed by atoms with E-state index in [0.29, 0.717) is 0 Å². The van der Waals surface area contributed by atoms with Crippen LogP contribution in [0.3, 0.4) is 0 Å². The Morgan fingerprint density at radius 2 is 1.80 bits per heavy atom. The molecule has 0 radical (unpaired) electrons. The third-order valence-corrected chi connectivity index (χ3v) is 6.55. The van der Waals surface area contributed by atoms with Crippen molar-refractivity contribution >= 4 is 22.6 Å². The third kappa shape index (κ3) is 3.49. The molecule has 0 bridgehead atoms. The number of benzene rings is 1. The number of carbonyl (C=O) groups excluding carboxylic acids is 1. The molecule has 2 aliphatic rings. The van der Waals surface area contributed by atoms with Crippen molar-refractivity contribution in [1.29, 1.82) is 0 Å². The highest BCUT2D eigenvalue weighted by Gasteiger charge is 2.28. The molecule has 2 aromatic heterocycles. The Morgan fingerprint density at radius 1 is 1.00 bits per heavy atom. The molecular formula is C24H29N5O. The Kier molecular flexibility index (Phi) is 5.25. The van der Waals surface area contributed by atoms with E-state index in [1.165, 1.54) is 5.56 Å². The van der Waals surface area contributed by atoms with Gasteiger partial charge in [-0.05, 0) is 38.2 Å². The van der Waals surface area contributed by atoms with Gasteiger partial charge in [-0.25, -0.2) is 9.97 Å². The van der Waals surface area contributed by atoms with E-state index >= 15 is 0 Å². The zero-order valence-corrected chi connectivity index (χ0v) is 17.7. The molecule has 0 atom stereocenters. The summed E-state index contributed by atoms with van der Waals surface area (Å²) in [6, 6.07) is 10.7. The van der Waals surface area contributed by atoms with Gasteiger partial charge >= 0.3 is 0 Å². The molecule has 0 spiro atoms. The topological polar surface area (TPSA) is 54.3 Å². The monoisotopic (exact) mass is 403 g/mol. The Balaban J connectivity index is 1.37. The van der Waals surface area contributed by atoms with Crippen molar-refractivity contribution in [1.82, 2.24) is 19.4 Å². The summed E-state index contributed by atoms with van der Waals surface area (Å²) in [6.07, 6.45) is 5.97. The highest BCUT2D eigenvalue weighted by molar-refractivity contribution is 6.09. The second-order valence-corrected chi connectivity index (χ2v) is 8.45. The van der Waals surface area contributed by atoms with Crippen LogP contribution in [0.1, 0.15) is 41.4 Å². The Morgan fingerprint density at radius 3 is 2.57 bits per heavy atom. The van der Waals surface area contributed by atoms with Crippen LogP contribution in [0.25, 0.3) is 11.0 Å². The van der Waals surface area contributed by atoms with Crippen molar-refractivity contribution in [2.75, 3.05) is 37.6 Å². The molecular weight excluding hydrogens is 374 g/mol. The number of Topliss-reactive ketones (excluding diaryl/α,β-unsaturated/α-hetero) is 1. The maximum atomic E-state index is 12.4. The van der Waals surface area contributed by atoms with Crippen molar-refractivity contribution in [2.24, 2.45) is 0 Å². The second kappa shape index (κ2) is 8.19. The molecule has 5 rings (SSSR count). The molecule has 30 heavy (non-hydrogen) atoms. The summed E-state index contributed by atoms with van der Waals surface area (Å²) in [5.74, 6) is 1.12. The lowest BCUT2D eigenvalue weighted by Crippen LogP contribution is -2.47. The molecule has 0 N–H and O–H groups in total. The molecule has 6 nitrogen and oxygen atoms in total. The van der Waals surface area contributed by atoms with Gasteiger partial charge in [-0.2, -0.15) is 0 Å². The number of carbonyl (C=O) groups is 1. The van der Waals surface area contributed by atoms with E-state index < -0.39 is 0 Å². The minimum Gasteiger partial charge on any atom is -0.352 e. The Labute approximate surface area is 177 Å². The van der Waals surface area contributed by atoms with Crippen LogP contribution >= 0.6 is 0 Å². The van der Waals surface area contributed by atoms with Crippen molar-refractivity contribution in [3.05, 3.63) is 53.5 Å². The third-order valence-electron chi connectivity index (χ3n) is 6.55. The van der Waals surface area contributed by atoms with Gasteiger partial charge in [0.15, 0.2) is 11.6 Å². The van der Waals surface area contributed by atoms with Gasteiger partial charge in [0.25, 0.3) is 0 Å². The van der Waals surface area contributed by atoms with Crippen molar-refractivity contribution < 1.29 is 4.79 Å². The molecule has 1 saturated heterocycles. The van der Waals surface area contributed by atoms with Crippen LogP contribution in [0, 0.1) is 0 Å². The number of rotatable bonds is 5. The minimum absolute atomic E-state index is 0.117. The first-order valence-corrected chi connectivity index (χ1v) is 11.1. The number of hydrogen-bond acceptors (Lipinski definition) is 5. The highest BCUT2D eigenvalue weighted by Crippen LogP contribution is 2.34. The summed E-state index contributed by atoms with van der Waals surface area (Å²) in [4.78, 5) is 26.6. The number of nitrogens with zero attached hydrogens (tertiary/aromatic N) is 5. The maximum absolute atomic E-state index is 12.4. The maximum Gasteiger partial charge on any atom is 0.163 e. The van der Waals surface area contributed by atoms with Crippen LogP contribution < -0.4 is 4.90 Å². The minimum atomic E-state index is 0.117. The Hall–Kier alpha value is -2.73. The SMILES string of the molecule is CC(=O)c1c2n(c3c(N4CCN(CCc5ccccc5)CC4)ncnc13)CCCC2. The predicted molar refractivity (Wildman–Crippen MR) is 119 cm³/mol. The fourth-order valence-electron chi connectivity index (χ4n) is 4.99. The van der Waals surface area contributed by atoms with Gasteiger partial charge in [-0.3, -0.25) is 9.69 Å². The molecule has 3 aromatic rings. The zero-order chi connectivity index (χ0) is 20.5. The van der Waals surface area contributed by atoms with E-state index in [9.17, 15) is 4.79 Å². The largest absolute Gasteiger partial charge is 0.352 e. The molecule has 0 aliphatic carbocycles. The van der Waals surface area contributed by atoms with Crippen molar-refractivity contribution in [2.45, 2.75) is 39.2 Å². The molecule has 1 fully saturated rings. The molecule has 0 amide bonds. The summed E-state index contributed by atoms with van der Waals surface area (Å²) >= 11 is 0. The Bertz CT molecular complexity index is 1050. The first-order chi connectivity index (χ1) is 14.7. The molecule has 156 valence electrons. The predicted octanol–water partition coefficient (Wildman–Crippen LogP) is 3.33. The summed E-state index contributed by atoms with van der Waals surface area (Å²) in [5, 5.41) is 0. The smallest absolute Gasteiger partial charge is 0.163 e. The van der Waals surface area contributed by atoms with E-state index in [1.807, 2.05) is 0 Å².